The molecule has 0 atom stereocenters. The third-order valence-electron chi connectivity index (χ3n) is 4.89. The van der Waals surface area contributed by atoms with Gasteiger partial charge in [-0.15, -0.1) is 22.0 Å². The molecule has 0 radical (unpaired) electrons. The molecule has 1 aromatic heterocycles. The van der Waals surface area contributed by atoms with Crippen LogP contribution in [0.15, 0.2) is 58.6 Å². The predicted octanol–water partition coefficient (Wildman–Crippen LogP) is 3.87. The van der Waals surface area contributed by atoms with Crippen molar-refractivity contribution >= 4 is 41.1 Å². The number of amides is 1. The molecule has 0 bridgehead atoms. The Balaban J connectivity index is 1.52. The Kier molecular flexibility index (Phi) is 7.16. The van der Waals surface area contributed by atoms with Crippen LogP contribution in [-0.4, -0.2) is 59.0 Å². The van der Waals surface area contributed by atoms with Crippen LogP contribution in [0.4, 0.5) is 11.6 Å². The number of carbonyl (C=O) groups excluding carboxylic acids is 1. The van der Waals surface area contributed by atoms with Crippen molar-refractivity contribution in [3.05, 3.63) is 54.1 Å². The molecule has 0 unspecified atom stereocenters. The van der Waals surface area contributed by atoms with E-state index in [2.05, 4.69) is 51.6 Å². The van der Waals surface area contributed by atoms with Crippen molar-refractivity contribution < 1.29 is 9.53 Å². The summed E-state index contributed by atoms with van der Waals surface area (Å²) in [6.45, 7) is 4.92. The Morgan fingerprint density at radius 2 is 1.90 bits per heavy atom. The number of nitrogens with zero attached hydrogens (tertiary/aromatic N) is 4. The SMILES string of the molecule is CSc1cccc(NC(=O)CSc2nnc(N3CCOCC3)n2-c2ccc(C)cc2)c1. The number of nitrogens with one attached hydrogen (secondary N) is 1. The van der Waals surface area contributed by atoms with Gasteiger partial charge in [-0.05, 0) is 43.5 Å². The number of aryl methyl sites for hydroxylation is 1. The van der Waals surface area contributed by atoms with Gasteiger partial charge in [-0.25, -0.2) is 0 Å². The van der Waals surface area contributed by atoms with E-state index in [0.29, 0.717) is 18.4 Å². The van der Waals surface area contributed by atoms with Crippen molar-refractivity contribution in [3.63, 3.8) is 0 Å². The first-order valence-electron chi connectivity index (χ1n) is 10.1. The Morgan fingerprint density at radius 1 is 1.13 bits per heavy atom. The minimum absolute atomic E-state index is 0.0744. The number of thioether (sulfide) groups is 2. The fourth-order valence-corrected chi connectivity index (χ4v) is 4.48. The normalized spacial score (nSPS) is 13.9. The van der Waals surface area contributed by atoms with E-state index in [1.807, 2.05) is 35.1 Å². The average molecular weight is 456 g/mol. The molecular formula is C22H25N5O2S2. The van der Waals surface area contributed by atoms with Crippen LogP contribution >= 0.6 is 23.5 Å². The third kappa shape index (κ3) is 5.41. The molecule has 1 N–H and O–H groups in total. The van der Waals surface area contributed by atoms with Crippen LogP contribution in [0.3, 0.4) is 0 Å². The number of ether oxygens (including phenoxy) is 1. The van der Waals surface area contributed by atoms with E-state index in [0.717, 1.165) is 35.3 Å². The predicted molar refractivity (Wildman–Crippen MR) is 127 cm³/mol. The summed E-state index contributed by atoms with van der Waals surface area (Å²) in [7, 11) is 0. The third-order valence-corrected chi connectivity index (χ3v) is 6.54. The largest absolute Gasteiger partial charge is 0.378 e. The molecule has 9 heteroatoms. The molecule has 31 heavy (non-hydrogen) atoms. The van der Waals surface area contributed by atoms with Gasteiger partial charge in [-0.2, -0.15) is 0 Å². The number of aromatic nitrogens is 3. The van der Waals surface area contributed by atoms with Gasteiger partial charge >= 0.3 is 0 Å². The minimum Gasteiger partial charge on any atom is -0.378 e. The molecule has 1 amide bonds. The molecule has 3 aromatic rings. The average Bonchev–Trinajstić information content (AvgIpc) is 3.23. The van der Waals surface area contributed by atoms with Crippen LogP contribution in [0.25, 0.3) is 5.69 Å². The van der Waals surface area contributed by atoms with Gasteiger partial charge in [0.25, 0.3) is 0 Å². The number of hydrogen-bond acceptors (Lipinski definition) is 7. The number of hydrogen-bond donors (Lipinski definition) is 1. The zero-order chi connectivity index (χ0) is 21.6. The Hall–Kier alpha value is -2.49. The zero-order valence-electron chi connectivity index (χ0n) is 17.6. The Labute approximate surface area is 190 Å². The highest BCUT2D eigenvalue weighted by molar-refractivity contribution is 7.99. The fourth-order valence-electron chi connectivity index (χ4n) is 3.27. The Bertz CT molecular complexity index is 1030. The molecule has 0 spiro atoms. The summed E-state index contributed by atoms with van der Waals surface area (Å²) < 4.78 is 7.51. The van der Waals surface area contributed by atoms with Gasteiger partial charge in [-0.3, -0.25) is 9.36 Å². The van der Waals surface area contributed by atoms with Crippen LogP contribution in [0.2, 0.25) is 0 Å². The van der Waals surface area contributed by atoms with E-state index in [4.69, 9.17) is 4.74 Å². The fraction of sp³-hybridized carbons (Fsp3) is 0.318. The second-order valence-electron chi connectivity index (χ2n) is 7.12. The maximum atomic E-state index is 12.6. The molecule has 1 saturated heterocycles. The number of rotatable bonds is 7. The highest BCUT2D eigenvalue weighted by Crippen LogP contribution is 2.28. The van der Waals surface area contributed by atoms with Crippen molar-refractivity contribution in [1.29, 1.82) is 0 Å². The molecule has 1 aliphatic rings. The summed E-state index contributed by atoms with van der Waals surface area (Å²) >= 11 is 3.03. The highest BCUT2D eigenvalue weighted by Gasteiger charge is 2.22. The van der Waals surface area contributed by atoms with Gasteiger partial charge in [0, 0.05) is 23.7 Å². The molecule has 7 nitrogen and oxygen atoms in total. The summed E-state index contributed by atoms with van der Waals surface area (Å²) in [6, 6.07) is 16.1. The quantitative estimate of drug-likeness (QED) is 0.542. The molecule has 2 heterocycles. The van der Waals surface area contributed by atoms with E-state index in [1.165, 1.54) is 17.3 Å². The molecule has 0 saturated carbocycles. The van der Waals surface area contributed by atoms with E-state index in [9.17, 15) is 4.79 Å². The van der Waals surface area contributed by atoms with Crippen molar-refractivity contribution in [2.75, 3.05) is 48.5 Å². The number of morpholine rings is 1. The van der Waals surface area contributed by atoms with Gasteiger partial charge in [0.2, 0.25) is 11.9 Å². The lowest BCUT2D eigenvalue weighted by Crippen LogP contribution is -2.37. The second-order valence-corrected chi connectivity index (χ2v) is 8.94. The maximum Gasteiger partial charge on any atom is 0.234 e. The first-order chi connectivity index (χ1) is 15.1. The Morgan fingerprint density at radius 3 is 2.65 bits per heavy atom. The van der Waals surface area contributed by atoms with Gasteiger partial charge < -0.3 is 15.0 Å². The van der Waals surface area contributed by atoms with E-state index in [-0.39, 0.29) is 11.7 Å². The molecule has 162 valence electrons. The topological polar surface area (TPSA) is 72.3 Å². The zero-order valence-corrected chi connectivity index (χ0v) is 19.2. The molecule has 1 aliphatic heterocycles. The summed E-state index contributed by atoms with van der Waals surface area (Å²) in [5.41, 5.74) is 2.96. The molecule has 4 rings (SSSR count). The minimum atomic E-state index is -0.0744. The van der Waals surface area contributed by atoms with Crippen LogP contribution < -0.4 is 10.2 Å². The summed E-state index contributed by atoms with van der Waals surface area (Å²) in [6.07, 6.45) is 2.01. The van der Waals surface area contributed by atoms with Gasteiger partial charge in [0.1, 0.15) is 0 Å². The first-order valence-corrected chi connectivity index (χ1v) is 12.3. The summed E-state index contributed by atoms with van der Waals surface area (Å²) in [4.78, 5) is 15.8. The van der Waals surface area contributed by atoms with Crippen molar-refractivity contribution in [1.82, 2.24) is 14.8 Å². The molecule has 0 aliphatic carbocycles. The van der Waals surface area contributed by atoms with Crippen molar-refractivity contribution in [2.24, 2.45) is 0 Å². The number of carbonyl (C=O) groups is 1. The molecular weight excluding hydrogens is 430 g/mol. The van der Waals surface area contributed by atoms with Gasteiger partial charge in [-0.1, -0.05) is 35.5 Å². The van der Waals surface area contributed by atoms with Crippen LogP contribution in [-0.2, 0) is 9.53 Å². The smallest absolute Gasteiger partial charge is 0.234 e. The van der Waals surface area contributed by atoms with E-state index < -0.39 is 0 Å². The van der Waals surface area contributed by atoms with Crippen LogP contribution in [0.5, 0.6) is 0 Å². The first kappa shape index (κ1) is 21.7. The molecule has 1 fully saturated rings. The van der Waals surface area contributed by atoms with Crippen molar-refractivity contribution in [2.45, 2.75) is 17.0 Å². The second kappa shape index (κ2) is 10.2. The lowest BCUT2D eigenvalue weighted by Gasteiger charge is -2.27. The van der Waals surface area contributed by atoms with Crippen LogP contribution in [0.1, 0.15) is 5.56 Å². The highest BCUT2D eigenvalue weighted by atomic mass is 32.2. The standard InChI is InChI=1S/C22H25N5O2S2/c1-16-6-8-18(9-7-16)27-21(26-10-12-29-13-11-26)24-25-22(27)31-15-20(28)23-17-4-3-5-19(14-17)30-2/h3-9,14H,10-13,15H2,1-2H3,(H,23,28). The van der Waals surface area contributed by atoms with E-state index >= 15 is 0 Å². The maximum absolute atomic E-state index is 12.6. The van der Waals surface area contributed by atoms with Gasteiger partial charge in [0.05, 0.1) is 24.7 Å². The van der Waals surface area contributed by atoms with Gasteiger partial charge in [0.15, 0.2) is 5.16 Å². The number of anilines is 2. The summed E-state index contributed by atoms with van der Waals surface area (Å²) in [5, 5.41) is 12.5. The molecule has 2 aromatic carbocycles. The monoisotopic (exact) mass is 455 g/mol. The lowest BCUT2D eigenvalue weighted by atomic mass is 10.2. The lowest BCUT2D eigenvalue weighted by molar-refractivity contribution is -0.113. The van der Waals surface area contributed by atoms with Crippen LogP contribution in [0, 0.1) is 6.92 Å². The van der Waals surface area contributed by atoms with E-state index in [1.54, 1.807) is 11.8 Å². The summed E-state index contributed by atoms with van der Waals surface area (Å²) in [5.74, 6) is 0.953. The number of benzene rings is 2. The van der Waals surface area contributed by atoms with Crippen molar-refractivity contribution in [3.8, 4) is 5.69 Å².